The summed E-state index contributed by atoms with van der Waals surface area (Å²) < 4.78 is 56.4. The zero-order chi connectivity index (χ0) is 34.8. The number of piperazine rings is 1. The maximum atomic E-state index is 17.0. The highest BCUT2D eigenvalue weighted by atomic mass is 19.3. The van der Waals surface area contributed by atoms with Gasteiger partial charge in [-0.15, -0.1) is 0 Å². The molecule has 2 aromatic carbocycles. The second-order valence-electron chi connectivity index (χ2n) is 15.3. The van der Waals surface area contributed by atoms with Crippen LogP contribution in [0.3, 0.4) is 0 Å². The van der Waals surface area contributed by atoms with Crippen LogP contribution >= 0.6 is 0 Å². The predicted molar refractivity (Wildman–Crippen MR) is 185 cm³/mol. The molecule has 4 aliphatic rings. The molecule has 4 fully saturated rings. The summed E-state index contributed by atoms with van der Waals surface area (Å²) in [6, 6.07) is 10.5. The number of aromatic nitrogens is 3. The van der Waals surface area contributed by atoms with Crippen molar-refractivity contribution in [2.24, 2.45) is 0 Å². The molecule has 1 amide bonds. The van der Waals surface area contributed by atoms with E-state index in [2.05, 4.69) is 19.8 Å². The molecular weight excluding hydrogens is 645 g/mol. The molecule has 4 aliphatic heterocycles. The van der Waals surface area contributed by atoms with Gasteiger partial charge < -0.3 is 14.4 Å². The summed E-state index contributed by atoms with van der Waals surface area (Å²) in [4.78, 5) is 33.9. The molecule has 8 rings (SSSR count). The summed E-state index contributed by atoms with van der Waals surface area (Å²) in [5.41, 5.74) is 0.275. The van der Waals surface area contributed by atoms with E-state index >= 15 is 4.39 Å². The van der Waals surface area contributed by atoms with Gasteiger partial charge in [0.1, 0.15) is 29.2 Å². The number of hydrogen-bond acceptors (Lipinski definition) is 8. The van der Waals surface area contributed by atoms with Gasteiger partial charge in [0.15, 0.2) is 5.82 Å². The fourth-order valence-corrected chi connectivity index (χ4v) is 8.82. The molecule has 4 saturated heterocycles. The topological polar surface area (TPSA) is 83.9 Å². The zero-order valence-electron chi connectivity index (χ0n) is 28.8. The van der Waals surface area contributed by atoms with Gasteiger partial charge in [-0.2, -0.15) is 9.97 Å². The van der Waals surface area contributed by atoms with E-state index in [1.54, 1.807) is 30.5 Å². The molecule has 9 nitrogen and oxygen atoms in total. The fraction of sp³-hybridized carbons (Fsp3) is 0.526. The lowest BCUT2D eigenvalue weighted by Gasteiger charge is -2.42. The third kappa shape index (κ3) is 5.88. The van der Waals surface area contributed by atoms with Crippen LogP contribution in [0.2, 0.25) is 0 Å². The van der Waals surface area contributed by atoms with Crippen LogP contribution in [-0.2, 0) is 11.2 Å². The molecule has 12 heteroatoms. The lowest BCUT2D eigenvalue weighted by Crippen LogP contribution is -2.57. The molecule has 0 saturated carbocycles. The number of rotatable bonds is 7. The molecule has 264 valence electrons. The van der Waals surface area contributed by atoms with Crippen LogP contribution in [-0.4, -0.2) is 93.3 Å². The molecular formula is C38H43F3N6O3. The maximum Gasteiger partial charge on any atom is 0.410 e. The van der Waals surface area contributed by atoms with Crippen molar-refractivity contribution in [3.8, 4) is 17.3 Å². The number of alkyl halides is 2. The van der Waals surface area contributed by atoms with Gasteiger partial charge in [0.05, 0.1) is 23.0 Å². The lowest BCUT2D eigenvalue weighted by atomic mass is 9.95. The Labute approximate surface area is 289 Å². The molecule has 2 aromatic heterocycles. The summed E-state index contributed by atoms with van der Waals surface area (Å²) in [6.45, 7) is 9.06. The van der Waals surface area contributed by atoms with Gasteiger partial charge in [-0.1, -0.05) is 36.4 Å². The predicted octanol–water partition coefficient (Wildman–Crippen LogP) is 7.39. The van der Waals surface area contributed by atoms with Crippen LogP contribution in [0.1, 0.15) is 64.9 Å². The summed E-state index contributed by atoms with van der Waals surface area (Å²) >= 11 is 0. The first kappa shape index (κ1) is 33.0. The number of pyridine rings is 1. The van der Waals surface area contributed by atoms with Crippen LogP contribution < -0.4 is 9.64 Å². The van der Waals surface area contributed by atoms with Crippen LogP contribution in [0.15, 0.2) is 42.6 Å². The van der Waals surface area contributed by atoms with E-state index in [0.717, 1.165) is 57.0 Å². The van der Waals surface area contributed by atoms with Gasteiger partial charge in [-0.3, -0.25) is 14.8 Å². The second kappa shape index (κ2) is 12.5. The highest BCUT2D eigenvalue weighted by molar-refractivity contribution is 6.00. The van der Waals surface area contributed by atoms with E-state index < -0.39 is 24.3 Å². The molecule has 0 N–H and O–H groups in total. The number of carbonyl (C=O) groups excluding carboxylic acids is 1. The van der Waals surface area contributed by atoms with Crippen LogP contribution in [0.4, 0.5) is 23.8 Å². The van der Waals surface area contributed by atoms with Crippen molar-refractivity contribution in [2.45, 2.75) is 95.4 Å². The molecule has 50 heavy (non-hydrogen) atoms. The number of carbonyl (C=O) groups is 1. The number of ether oxygens (including phenoxy) is 2. The zero-order valence-corrected chi connectivity index (χ0v) is 28.8. The minimum Gasteiger partial charge on any atom is -0.461 e. The normalized spacial score (nSPS) is 21.8. The maximum absolute atomic E-state index is 17.0. The van der Waals surface area contributed by atoms with E-state index in [1.165, 1.54) is 0 Å². The van der Waals surface area contributed by atoms with Crippen molar-refractivity contribution in [1.82, 2.24) is 24.8 Å². The molecule has 0 unspecified atom stereocenters. The first-order valence-corrected chi connectivity index (χ1v) is 17.8. The third-order valence-electron chi connectivity index (χ3n) is 10.9. The summed E-state index contributed by atoms with van der Waals surface area (Å²) in [7, 11) is 0. The first-order chi connectivity index (χ1) is 24.0. The van der Waals surface area contributed by atoms with Crippen molar-refractivity contribution >= 4 is 33.6 Å². The molecule has 4 aromatic rings. The smallest absolute Gasteiger partial charge is 0.410 e. The molecule has 0 aliphatic carbocycles. The second-order valence-corrected chi connectivity index (χ2v) is 15.3. The molecule has 6 heterocycles. The quantitative estimate of drug-likeness (QED) is 0.199. The summed E-state index contributed by atoms with van der Waals surface area (Å²) in [5, 5.41) is 1.70. The van der Waals surface area contributed by atoms with Crippen molar-refractivity contribution in [1.29, 1.82) is 0 Å². The van der Waals surface area contributed by atoms with Gasteiger partial charge in [0.2, 0.25) is 6.43 Å². The molecule has 0 spiro atoms. The van der Waals surface area contributed by atoms with Gasteiger partial charge in [-0.25, -0.2) is 18.0 Å². The van der Waals surface area contributed by atoms with Crippen LogP contribution in [0.5, 0.6) is 6.01 Å². The number of benzene rings is 2. The molecule has 0 radical (unpaired) electrons. The number of anilines is 1. The monoisotopic (exact) mass is 688 g/mol. The van der Waals surface area contributed by atoms with Crippen LogP contribution in [0.25, 0.3) is 32.9 Å². The number of fused-ring (bicyclic) bond motifs is 5. The Balaban J connectivity index is 1.21. The van der Waals surface area contributed by atoms with E-state index in [9.17, 15) is 13.6 Å². The average molecular weight is 689 g/mol. The third-order valence-corrected chi connectivity index (χ3v) is 10.9. The Morgan fingerprint density at radius 2 is 1.72 bits per heavy atom. The number of nitrogens with zero attached hydrogens (tertiary/aromatic N) is 6. The Bertz CT molecular complexity index is 1920. The average Bonchev–Trinajstić information content (AvgIpc) is 3.73. The Kier molecular flexibility index (Phi) is 8.27. The van der Waals surface area contributed by atoms with Crippen molar-refractivity contribution in [3.63, 3.8) is 0 Å². The molecule has 2 atom stereocenters. The van der Waals surface area contributed by atoms with Gasteiger partial charge >= 0.3 is 12.1 Å². The van der Waals surface area contributed by atoms with Crippen LogP contribution in [0, 0.1) is 5.82 Å². The highest BCUT2D eigenvalue weighted by Gasteiger charge is 2.46. The van der Waals surface area contributed by atoms with Crippen molar-refractivity contribution in [2.75, 3.05) is 37.7 Å². The van der Waals surface area contributed by atoms with Crippen molar-refractivity contribution < 1.29 is 27.4 Å². The number of amides is 1. The van der Waals surface area contributed by atoms with E-state index in [-0.39, 0.29) is 40.9 Å². The van der Waals surface area contributed by atoms with E-state index in [0.29, 0.717) is 47.4 Å². The van der Waals surface area contributed by atoms with E-state index in [4.69, 9.17) is 14.5 Å². The van der Waals surface area contributed by atoms with Gasteiger partial charge in [0, 0.05) is 31.3 Å². The summed E-state index contributed by atoms with van der Waals surface area (Å²) in [5.74, 6) is -0.153. The SMILES string of the molecule is CC(C)(C)OC(=O)N1[C@@H]2CC[C@H]1CN(c1nc(OCC34CCCN3CCC4)nc3c(F)c(-c4cccc5cccc(CC(F)F)c45)ncc13)C2. The number of hydrogen-bond donors (Lipinski definition) is 0. The van der Waals surface area contributed by atoms with E-state index in [1.807, 2.05) is 37.8 Å². The fourth-order valence-electron chi connectivity index (χ4n) is 8.82. The lowest BCUT2D eigenvalue weighted by molar-refractivity contribution is 0.0122. The standard InChI is InChI=1S/C38H43F3N6O3/c1-37(2,3)50-36(48)47-25-12-13-26(47)21-45(20-25)34-28-19-42-32(27-11-5-9-23-8-4-10-24(30(23)27)18-29(39)40)31(41)33(28)43-35(44-34)49-22-38-14-6-16-46(38)17-7-15-38/h4-5,8-11,19,25-26,29H,6-7,12-18,20-22H2,1-3H3/t25-,26+. The Morgan fingerprint density at radius 3 is 2.40 bits per heavy atom. The Hall–Kier alpha value is -4.19. The summed E-state index contributed by atoms with van der Waals surface area (Å²) in [6.07, 6.45) is 4.19. The minimum atomic E-state index is -2.56. The highest BCUT2D eigenvalue weighted by Crippen LogP contribution is 2.41. The molecule has 2 bridgehead atoms. The minimum absolute atomic E-state index is 0.0339. The first-order valence-electron chi connectivity index (χ1n) is 17.8. The number of halogens is 3. The van der Waals surface area contributed by atoms with Gasteiger partial charge in [0.25, 0.3) is 0 Å². The van der Waals surface area contributed by atoms with Gasteiger partial charge in [-0.05, 0) is 88.7 Å². The Morgan fingerprint density at radius 1 is 1.02 bits per heavy atom. The van der Waals surface area contributed by atoms with Crippen molar-refractivity contribution in [3.05, 3.63) is 54.0 Å². The largest absolute Gasteiger partial charge is 0.461 e.